The molecular formula is C57H83NO19. The zero-order valence-electron chi connectivity index (χ0n) is 45.5. The molecule has 77 heavy (non-hydrogen) atoms. The van der Waals surface area contributed by atoms with Crippen LogP contribution < -0.4 is 5.32 Å². The van der Waals surface area contributed by atoms with Crippen LogP contribution >= 0.6 is 0 Å². The summed E-state index contributed by atoms with van der Waals surface area (Å²) in [7, 11) is 0. The predicted molar refractivity (Wildman–Crippen MR) is 272 cm³/mol. The van der Waals surface area contributed by atoms with E-state index in [4.69, 9.17) is 33.2 Å². The Balaban J connectivity index is 0.919. The topological polar surface area (TPSA) is 310 Å². The molecule has 430 valence electrons. The molecule has 1 aromatic carbocycles. The summed E-state index contributed by atoms with van der Waals surface area (Å²) < 4.78 is 42.3. The van der Waals surface area contributed by atoms with Crippen LogP contribution in [0.2, 0.25) is 0 Å². The van der Waals surface area contributed by atoms with Crippen LogP contribution in [-0.4, -0.2) is 182 Å². The third-order valence-electron chi connectivity index (χ3n) is 20.6. The van der Waals surface area contributed by atoms with Gasteiger partial charge >= 0.3 is 11.9 Å². The predicted octanol–water partition coefficient (Wildman–Crippen LogP) is 2.33. The van der Waals surface area contributed by atoms with Crippen LogP contribution in [0.25, 0.3) is 6.08 Å². The molecule has 7 fully saturated rings. The Kier molecular flexibility index (Phi) is 16.2. The molecule has 0 aromatic heterocycles. The molecule has 3 saturated heterocycles. The molecule has 20 heteroatoms. The SMILES string of the molecule is CC(=O)N[C@H]1[C@H](O[C@H]2CC[C@]3(C)[C@H]4CC=C5[C@@H]6CC(C)(C)[C@@H](OC(=O)/C=C/c7ccccc7)C[C@]6(C(=O)O)[C@H](O)C[C@@]5(C)[C@]4(C)CC[C@H]3C2(C)C)O[C@H](CO[C@@H]2OC[C@H](O)[C@H](O)[C@H]2O[C@@H]2OC[C@@H](O)[C@H](O)[C@H]2O)[C@@H](O)[C@@H]1O. The first-order chi connectivity index (χ1) is 36.1. The molecule has 1 amide bonds. The summed E-state index contributed by atoms with van der Waals surface area (Å²) in [4.78, 5) is 39.7. The third-order valence-corrected chi connectivity index (χ3v) is 20.6. The largest absolute Gasteiger partial charge is 0.481 e. The minimum atomic E-state index is -1.73. The van der Waals surface area contributed by atoms with Crippen molar-refractivity contribution in [3.8, 4) is 0 Å². The van der Waals surface area contributed by atoms with Gasteiger partial charge in [0.25, 0.3) is 0 Å². The highest BCUT2D eigenvalue weighted by molar-refractivity contribution is 5.87. The molecule has 23 atom stereocenters. The first kappa shape index (κ1) is 58.2. The van der Waals surface area contributed by atoms with E-state index in [0.717, 1.165) is 30.4 Å². The number of carbonyl (C=O) groups excluding carboxylic acids is 2. The number of fused-ring (bicyclic) bond motifs is 7. The lowest BCUT2D eigenvalue weighted by molar-refractivity contribution is -0.352. The smallest absolute Gasteiger partial charge is 0.331 e. The summed E-state index contributed by atoms with van der Waals surface area (Å²) in [6.45, 7) is 15.3. The van der Waals surface area contributed by atoms with E-state index in [0.29, 0.717) is 19.3 Å². The van der Waals surface area contributed by atoms with Crippen molar-refractivity contribution in [1.82, 2.24) is 5.32 Å². The highest BCUT2D eigenvalue weighted by Gasteiger charge is 2.73. The molecule has 20 nitrogen and oxygen atoms in total. The molecule has 5 aliphatic carbocycles. The molecule has 10 N–H and O–H groups in total. The number of hydrogen-bond acceptors (Lipinski definition) is 18. The maximum atomic E-state index is 13.8. The van der Waals surface area contributed by atoms with Crippen molar-refractivity contribution in [2.75, 3.05) is 19.8 Å². The molecule has 3 heterocycles. The highest BCUT2D eigenvalue weighted by Crippen LogP contribution is 2.76. The monoisotopic (exact) mass is 1090 g/mol. The van der Waals surface area contributed by atoms with Gasteiger partial charge in [0.2, 0.25) is 5.91 Å². The van der Waals surface area contributed by atoms with Gasteiger partial charge in [0.05, 0.1) is 32.0 Å². The molecule has 0 bridgehead atoms. The standard InChI is InChI=1S/C57H83NO19/c1-28(59)58-41-45(67)44(66)34(27-73-50-47(43(65)33(61)26-72-50)77-49-46(68)42(64)32(60)25-71-49)74-48(41)76-38-19-20-54(6)35(53(38,4)5)18-21-55(7)36(54)16-15-30-31-22-52(2,3)39(75-40(63)17-14-29-12-10-9-11-13-29)24-57(31,51(69)70)37(62)23-56(30,55)8/h9-15,17,31-39,41-50,60-62,64-68H,16,18-27H2,1-8H3,(H,58,59)(H,69,70)/b17-14+/t31-,32+,33-,34+,35-,36+,37+,38-,39-,41+,42-,43-,44+,45+,46+,47+,48-,49-,50-,54-,55+,56+,57+/m0/s1. The van der Waals surface area contributed by atoms with Gasteiger partial charge in [0, 0.05) is 24.8 Å². The van der Waals surface area contributed by atoms with Crippen LogP contribution in [0, 0.1) is 50.2 Å². The average Bonchev–Trinajstić information content (AvgIpc) is 3.45. The van der Waals surface area contributed by atoms with Crippen molar-refractivity contribution in [3.05, 3.63) is 53.6 Å². The van der Waals surface area contributed by atoms with E-state index < -0.39 is 157 Å². The van der Waals surface area contributed by atoms with Crippen LogP contribution in [0.5, 0.6) is 0 Å². The summed E-state index contributed by atoms with van der Waals surface area (Å²) in [6, 6.07) is 8.16. The molecule has 1 aromatic rings. The Hall–Kier alpha value is -3.45. The first-order valence-electron chi connectivity index (χ1n) is 27.5. The zero-order chi connectivity index (χ0) is 55.9. The van der Waals surface area contributed by atoms with Gasteiger partial charge in [-0.2, -0.15) is 0 Å². The number of carboxylic acids is 1. The number of allylic oxidation sites excluding steroid dienone is 2. The zero-order valence-corrected chi connectivity index (χ0v) is 45.5. The minimum absolute atomic E-state index is 0.0206. The second kappa shape index (κ2) is 21.5. The number of ether oxygens (including phenoxy) is 7. The molecule has 8 aliphatic rings. The first-order valence-corrected chi connectivity index (χ1v) is 27.5. The molecule has 3 aliphatic heterocycles. The fourth-order valence-corrected chi connectivity index (χ4v) is 16.0. The highest BCUT2D eigenvalue weighted by atomic mass is 16.8. The van der Waals surface area contributed by atoms with E-state index in [1.165, 1.54) is 13.0 Å². The van der Waals surface area contributed by atoms with Crippen LogP contribution in [-0.2, 0) is 47.5 Å². The number of aliphatic hydroxyl groups excluding tert-OH is 8. The molecular weight excluding hydrogens is 1000 g/mol. The lowest BCUT2D eigenvalue weighted by Crippen LogP contribution is -2.69. The van der Waals surface area contributed by atoms with E-state index in [9.17, 15) is 60.3 Å². The normalized spacial score (nSPS) is 47.3. The van der Waals surface area contributed by atoms with Crippen molar-refractivity contribution in [2.24, 2.45) is 50.2 Å². The van der Waals surface area contributed by atoms with Crippen molar-refractivity contribution in [3.63, 3.8) is 0 Å². The van der Waals surface area contributed by atoms with Crippen LogP contribution in [0.15, 0.2) is 48.1 Å². The molecule has 9 rings (SSSR count). The number of nitrogens with one attached hydrogen (secondary N) is 1. The van der Waals surface area contributed by atoms with Crippen molar-refractivity contribution in [1.29, 1.82) is 0 Å². The molecule has 0 radical (unpaired) electrons. The van der Waals surface area contributed by atoms with E-state index in [1.54, 1.807) is 6.08 Å². The van der Waals surface area contributed by atoms with Crippen LogP contribution in [0.4, 0.5) is 0 Å². The fraction of sp³-hybridized carbons (Fsp3) is 0.772. The van der Waals surface area contributed by atoms with E-state index in [2.05, 4.69) is 46.0 Å². The third kappa shape index (κ3) is 10.1. The Morgan fingerprint density at radius 2 is 1.42 bits per heavy atom. The van der Waals surface area contributed by atoms with Gasteiger partial charge in [-0.05, 0) is 96.0 Å². The Bertz CT molecular complexity index is 2380. The van der Waals surface area contributed by atoms with Crippen molar-refractivity contribution >= 4 is 23.9 Å². The minimum Gasteiger partial charge on any atom is -0.481 e. The number of aliphatic hydroxyl groups is 8. The summed E-state index contributed by atoms with van der Waals surface area (Å²) in [5, 5.41) is 102. The van der Waals surface area contributed by atoms with Gasteiger partial charge in [-0.3, -0.25) is 9.59 Å². The number of benzene rings is 1. The number of amides is 1. The fourth-order valence-electron chi connectivity index (χ4n) is 16.0. The lowest BCUT2D eigenvalue weighted by Gasteiger charge is -2.72. The summed E-state index contributed by atoms with van der Waals surface area (Å²) >= 11 is 0. The number of rotatable bonds is 12. The van der Waals surface area contributed by atoms with Crippen LogP contribution in [0.1, 0.15) is 112 Å². The Labute approximate surface area is 450 Å². The summed E-state index contributed by atoms with van der Waals surface area (Å²) in [6.07, 6.45) is -11.1. The number of esters is 1. The maximum absolute atomic E-state index is 13.8. The molecule has 4 saturated carbocycles. The second-order valence-electron chi connectivity index (χ2n) is 25.7. The van der Waals surface area contributed by atoms with Gasteiger partial charge in [-0.1, -0.05) is 90.4 Å². The molecule has 0 unspecified atom stereocenters. The molecule has 0 spiro atoms. The van der Waals surface area contributed by atoms with E-state index in [1.807, 2.05) is 44.2 Å². The van der Waals surface area contributed by atoms with E-state index >= 15 is 0 Å². The van der Waals surface area contributed by atoms with Gasteiger partial charge in [0.1, 0.15) is 72.5 Å². The Morgan fingerprint density at radius 3 is 2.09 bits per heavy atom. The summed E-state index contributed by atoms with van der Waals surface area (Å²) in [5.41, 5.74) is -1.98. The quantitative estimate of drug-likeness (QED) is 0.0622. The number of carbonyl (C=O) groups is 3. The van der Waals surface area contributed by atoms with Crippen molar-refractivity contribution in [2.45, 2.75) is 205 Å². The van der Waals surface area contributed by atoms with Gasteiger partial charge in [0.15, 0.2) is 18.9 Å². The maximum Gasteiger partial charge on any atom is 0.331 e. The van der Waals surface area contributed by atoms with Gasteiger partial charge < -0.3 is 84.4 Å². The average molecular weight is 1090 g/mol. The van der Waals surface area contributed by atoms with Crippen molar-refractivity contribution < 1.29 is 93.5 Å². The second-order valence-corrected chi connectivity index (χ2v) is 25.7. The number of hydrogen-bond donors (Lipinski definition) is 10. The number of carboxylic acid groups (broad SMARTS) is 1. The van der Waals surface area contributed by atoms with Crippen LogP contribution in [0.3, 0.4) is 0 Å². The van der Waals surface area contributed by atoms with E-state index in [-0.39, 0.29) is 42.1 Å². The lowest BCUT2D eigenvalue weighted by atomic mass is 9.33. The van der Waals surface area contributed by atoms with Gasteiger partial charge in [-0.15, -0.1) is 0 Å². The number of aliphatic carboxylic acids is 1. The van der Waals surface area contributed by atoms with Gasteiger partial charge in [-0.25, -0.2) is 4.79 Å². The Morgan fingerprint density at radius 1 is 0.740 bits per heavy atom. The summed E-state index contributed by atoms with van der Waals surface area (Å²) in [5.74, 6) is -2.44.